The molecule has 0 unspecified atom stereocenters. The molecule has 84 valence electrons. The monoisotopic (exact) mass is 296 g/mol. The SMILES string of the molecule is Cc1c(Br)cncc1-c1nc(C(C)C)cs1. The number of hydrogen-bond acceptors (Lipinski definition) is 3. The van der Waals surface area contributed by atoms with Crippen molar-refractivity contribution in [2.24, 2.45) is 0 Å². The highest BCUT2D eigenvalue weighted by molar-refractivity contribution is 9.10. The Kier molecular flexibility index (Phi) is 3.40. The molecule has 0 aliphatic heterocycles. The van der Waals surface area contributed by atoms with Gasteiger partial charge in [0.1, 0.15) is 5.01 Å². The quantitative estimate of drug-likeness (QED) is 0.821. The molecule has 0 atom stereocenters. The lowest BCUT2D eigenvalue weighted by atomic mass is 10.1. The van der Waals surface area contributed by atoms with Gasteiger partial charge in [0, 0.05) is 27.8 Å². The van der Waals surface area contributed by atoms with E-state index >= 15 is 0 Å². The maximum absolute atomic E-state index is 4.64. The molecule has 2 aromatic rings. The minimum Gasteiger partial charge on any atom is -0.263 e. The van der Waals surface area contributed by atoms with E-state index in [0.717, 1.165) is 20.7 Å². The highest BCUT2D eigenvalue weighted by Gasteiger charge is 2.11. The Morgan fingerprint density at radius 1 is 1.31 bits per heavy atom. The molecule has 0 fully saturated rings. The predicted octanol–water partition coefficient (Wildman–Crippen LogP) is 4.40. The summed E-state index contributed by atoms with van der Waals surface area (Å²) in [6, 6.07) is 0. The highest BCUT2D eigenvalue weighted by atomic mass is 79.9. The fourth-order valence-electron chi connectivity index (χ4n) is 1.39. The van der Waals surface area contributed by atoms with Gasteiger partial charge in [-0.15, -0.1) is 11.3 Å². The third kappa shape index (κ3) is 2.18. The number of halogens is 1. The lowest BCUT2D eigenvalue weighted by molar-refractivity contribution is 0.834. The highest BCUT2D eigenvalue weighted by Crippen LogP contribution is 2.31. The maximum atomic E-state index is 4.64. The van der Waals surface area contributed by atoms with Crippen molar-refractivity contribution in [3.63, 3.8) is 0 Å². The maximum Gasteiger partial charge on any atom is 0.125 e. The van der Waals surface area contributed by atoms with Crippen LogP contribution in [0.25, 0.3) is 10.6 Å². The van der Waals surface area contributed by atoms with Gasteiger partial charge in [-0.3, -0.25) is 4.98 Å². The summed E-state index contributed by atoms with van der Waals surface area (Å²) < 4.78 is 1.03. The minimum atomic E-state index is 0.477. The summed E-state index contributed by atoms with van der Waals surface area (Å²) >= 11 is 5.18. The number of aromatic nitrogens is 2. The standard InChI is InChI=1S/C12H13BrN2S/c1-7(2)11-6-16-12(15-11)9-4-14-5-10(13)8(9)3/h4-7H,1-3H3. The molecule has 0 saturated carbocycles. The first-order valence-corrected chi connectivity index (χ1v) is 6.82. The molecule has 0 aromatic carbocycles. The summed E-state index contributed by atoms with van der Waals surface area (Å²) in [6.45, 7) is 6.40. The first-order chi connectivity index (χ1) is 7.59. The summed E-state index contributed by atoms with van der Waals surface area (Å²) in [5.41, 5.74) is 3.46. The van der Waals surface area contributed by atoms with Crippen molar-refractivity contribution in [1.82, 2.24) is 9.97 Å². The molecule has 0 saturated heterocycles. The van der Waals surface area contributed by atoms with Crippen LogP contribution in [0.5, 0.6) is 0 Å². The molecular formula is C12H13BrN2S. The van der Waals surface area contributed by atoms with Crippen LogP contribution in [-0.2, 0) is 0 Å². The third-order valence-corrected chi connectivity index (χ3v) is 4.19. The average molecular weight is 297 g/mol. The number of thiazole rings is 1. The average Bonchev–Trinajstić information content (AvgIpc) is 2.71. The van der Waals surface area contributed by atoms with Crippen molar-refractivity contribution >= 4 is 27.3 Å². The molecular weight excluding hydrogens is 284 g/mol. The van der Waals surface area contributed by atoms with Crippen molar-refractivity contribution < 1.29 is 0 Å². The first kappa shape index (κ1) is 11.7. The molecule has 2 rings (SSSR count). The van der Waals surface area contributed by atoms with Crippen LogP contribution in [0.4, 0.5) is 0 Å². The molecule has 0 N–H and O–H groups in total. The van der Waals surface area contributed by atoms with E-state index in [1.54, 1.807) is 11.3 Å². The fraction of sp³-hybridized carbons (Fsp3) is 0.333. The van der Waals surface area contributed by atoms with E-state index in [-0.39, 0.29) is 0 Å². The van der Waals surface area contributed by atoms with Gasteiger partial charge in [-0.05, 0) is 34.3 Å². The van der Waals surface area contributed by atoms with Crippen LogP contribution in [0.1, 0.15) is 31.0 Å². The third-order valence-electron chi connectivity index (χ3n) is 2.50. The Labute approximate surface area is 108 Å². The topological polar surface area (TPSA) is 25.8 Å². The van der Waals surface area contributed by atoms with Crippen LogP contribution in [0, 0.1) is 6.92 Å². The van der Waals surface area contributed by atoms with Gasteiger partial charge in [-0.2, -0.15) is 0 Å². The van der Waals surface area contributed by atoms with Crippen molar-refractivity contribution in [3.8, 4) is 10.6 Å². The van der Waals surface area contributed by atoms with Crippen LogP contribution in [0.15, 0.2) is 22.2 Å². The fourth-order valence-corrected chi connectivity index (χ4v) is 2.77. The van der Waals surface area contributed by atoms with E-state index in [0.29, 0.717) is 5.92 Å². The molecule has 0 amide bonds. The minimum absolute atomic E-state index is 0.477. The van der Waals surface area contributed by atoms with Crippen LogP contribution >= 0.6 is 27.3 Å². The van der Waals surface area contributed by atoms with Crippen molar-refractivity contribution in [2.45, 2.75) is 26.7 Å². The van der Waals surface area contributed by atoms with Gasteiger partial charge < -0.3 is 0 Å². The Hall–Kier alpha value is -0.740. The lowest BCUT2D eigenvalue weighted by Gasteiger charge is -2.03. The Balaban J connectivity index is 2.47. The van der Waals surface area contributed by atoms with Gasteiger partial charge in [-0.1, -0.05) is 13.8 Å². The van der Waals surface area contributed by atoms with Crippen LogP contribution in [0.2, 0.25) is 0 Å². The zero-order valence-corrected chi connectivity index (χ0v) is 11.9. The van der Waals surface area contributed by atoms with Crippen molar-refractivity contribution in [3.05, 3.63) is 33.5 Å². The largest absolute Gasteiger partial charge is 0.263 e. The second-order valence-corrected chi connectivity index (χ2v) is 5.74. The van der Waals surface area contributed by atoms with Crippen molar-refractivity contribution in [2.75, 3.05) is 0 Å². The van der Waals surface area contributed by atoms with Crippen LogP contribution in [-0.4, -0.2) is 9.97 Å². The molecule has 0 bridgehead atoms. The number of pyridine rings is 1. The Morgan fingerprint density at radius 3 is 2.69 bits per heavy atom. The normalized spacial score (nSPS) is 11.1. The van der Waals surface area contributed by atoms with E-state index < -0.39 is 0 Å². The molecule has 16 heavy (non-hydrogen) atoms. The number of nitrogens with zero attached hydrogens (tertiary/aromatic N) is 2. The lowest BCUT2D eigenvalue weighted by Crippen LogP contribution is -1.89. The van der Waals surface area contributed by atoms with E-state index in [1.807, 2.05) is 12.4 Å². The molecule has 0 aliphatic rings. The van der Waals surface area contributed by atoms with E-state index in [2.05, 4.69) is 52.0 Å². The van der Waals surface area contributed by atoms with Gasteiger partial charge in [-0.25, -0.2) is 4.98 Å². The summed E-state index contributed by atoms with van der Waals surface area (Å²) in [5, 5.41) is 3.18. The molecule has 4 heteroatoms. The summed E-state index contributed by atoms with van der Waals surface area (Å²) in [7, 11) is 0. The second kappa shape index (κ2) is 4.63. The van der Waals surface area contributed by atoms with Gasteiger partial charge in [0.15, 0.2) is 0 Å². The Morgan fingerprint density at radius 2 is 2.06 bits per heavy atom. The molecule has 2 nitrogen and oxygen atoms in total. The summed E-state index contributed by atoms with van der Waals surface area (Å²) in [5.74, 6) is 0.477. The summed E-state index contributed by atoms with van der Waals surface area (Å²) in [6.07, 6.45) is 3.69. The number of hydrogen-bond donors (Lipinski definition) is 0. The smallest absolute Gasteiger partial charge is 0.125 e. The van der Waals surface area contributed by atoms with E-state index in [9.17, 15) is 0 Å². The summed E-state index contributed by atoms with van der Waals surface area (Å²) in [4.78, 5) is 8.83. The van der Waals surface area contributed by atoms with Gasteiger partial charge in [0.25, 0.3) is 0 Å². The van der Waals surface area contributed by atoms with Gasteiger partial charge in [0.2, 0.25) is 0 Å². The van der Waals surface area contributed by atoms with E-state index in [4.69, 9.17) is 0 Å². The molecule has 2 aromatic heterocycles. The first-order valence-electron chi connectivity index (χ1n) is 5.15. The number of rotatable bonds is 2. The van der Waals surface area contributed by atoms with Crippen LogP contribution < -0.4 is 0 Å². The van der Waals surface area contributed by atoms with Crippen LogP contribution in [0.3, 0.4) is 0 Å². The van der Waals surface area contributed by atoms with Gasteiger partial charge >= 0.3 is 0 Å². The molecule has 0 aliphatic carbocycles. The molecule has 0 radical (unpaired) electrons. The molecule has 0 spiro atoms. The zero-order chi connectivity index (χ0) is 11.7. The molecule has 2 heterocycles. The van der Waals surface area contributed by atoms with Crippen molar-refractivity contribution in [1.29, 1.82) is 0 Å². The van der Waals surface area contributed by atoms with E-state index in [1.165, 1.54) is 5.56 Å². The zero-order valence-electron chi connectivity index (χ0n) is 9.49. The Bertz CT molecular complexity index is 505. The predicted molar refractivity (Wildman–Crippen MR) is 71.9 cm³/mol. The van der Waals surface area contributed by atoms with Gasteiger partial charge in [0.05, 0.1) is 5.69 Å². The second-order valence-electron chi connectivity index (χ2n) is 4.03.